The van der Waals surface area contributed by atoms with Crippen LogP contribution in [0.15, 0.2) is 60.8 Å². The molecule has 0 radical (unpaired) electrons. The van der Waals surface area contributed by atoms with Crippen LogP contribution in [0.2, 0.25) is 0 Å². The van der Waals surface area contributed by atoms with Crippen LogP contribution in [-0.2, 0) is 32.7 Å². The lowest BCUT2D eigenvalue weighted by atomic mass is 9.85. The summed E-state index contributed by atoms with van der Waals surface area (Å²) < 4.78 is 33.6. The zero-order valence-corrected chi connectivity index (χ0v) is 40.9. The van der Waals surface area contributed by atoms with Crippen molar-refractivity contribution in [1.29, 1.82) is 0 Å². The fourth-order valence-corrected chi connectivity index (χ4v) is 8.30. The van der Waals surface area contributed by atoms with E-state index in [-0.39, 0.29) is 12.8 Å². The Bertz CT molecular complexity index is 1370. The first kappa shape index (κ1) is 60.6. The number of phosphoric ester groups is 1. The van der Waals surface area contributed by atoms with Gasteiger partial charge in [0, 0.05) is 12.8 Å². The number of rotatable bonds is 41. The summed E-state index contributed by atoms with van der Waals surface area (Å²) >= 11 is 0. The van der Waals surface area contributed by atoms with Gasteiger partial charge in [0.25, 0.3) is 0 Å². The predicted octanol–water partition coefficient (Wildman–Crippen LogP) is 10.5. The second-order valence-corrected chi connectivity index (χ2v) is 18.7. The molecule has 1 aliphatic rings. The van der Waals surface area contributed by atoms with Gasteiger partial charge in [-0.1, -0.05) is 164 Å². The number of allylic oxidation sites excluding steroid dienone is 10. The van der Waals surface area contributed by atoms with Crippen molar-refractivity contribution in [1.82, 2.24) is 0 Å². The van der Waals surface area contributed by atoms with Gasteiger partial charge >= 0.3 is 19.8 Å². The first-order chi connectivity index (χ1) is 31.4. The van der Waals surface area contributed by atoms with Crippen molar-refractivity contribution in [3.05, 3.63) is 60.8 Å². The van der Waals surface area contributed by atoms with E-state index in [0.29, 0.717) is 12.8 Å². The summed E-state index contributed by atoms with van der Waals surface area (Å²) in [7, 11) is -5.13. The van der Waals surface area contributed by atoms with E-state index in [1.165, 1.54) is 57.8 Å². The molecule has 14 heteroatoms. The van der Waals surface area contributed by atoms with Crippen LogP contribution in [0.4, 0.5) is 0 Å². The molecule has 0 bridgehead atoms. The molecule has 1 saturated carbocycles. The number of esters is 2. The third kappa shape index (κ3) is 32.8. The quantitative estimate of drug-likeness (QED) is 0.0146. The number of hydrogen-bond donors (Lipinski definition) is 6. The van der Waals surface area contributed by atoms with E-state index in [9.17, 15) is 44.6 Å². The highest BCUT2D eigenvalue weighted by Crippen LogP contribution is 2.47. The van der Waals surface area contributed by atoms with Crippen LogP contribution in [0.25, 0.3) is 0 Å². The molecule has 0 aliphatic heterocycles. The first-order valence-corrected chi connectivity index (χ1v) is 26.6. The molecule has 0 saturated heterocycles. The Hall–Kier alpha value is -2.45. The summed E-state index contributed by atoms with van der Waals surface area (Å²) in [6.45, 7) is 3.17. The van der Waals surface area contributed by atoms with Crippen molar-refractivity contribution in [2.45, 2.75) is 236 Å². The monoisotopic (exact) mass is 941 g/mol. The molecule has 6 atom stereocenters. The minimum Gasteiger partial charge on any atom is -0.462 e. The number of aliphatic hydroxyl groups excluding tert-OH is 5. The highest BCUT2D eigenvalue weighted by molar-refractivity contribution is 7.47. The number of unbranched alkanes of at least 4 members (excludes halogenated alkanes) is 19. The molecule has 0 aromatic rings. The first-order valence-electron chi connectivity index (χ1n) is 25.1. The summed E-state index contributed by atoms with van der Waals surface area (Å²) in [5.41, 5.74) is 0. The molecule has 1 fully saturated rings. The fraction of sp³-hybridized carbons (Fsp3) is 0.765. The lowest BCUT2D eigenvalue weighted by molar-refractivity contribution is -0.220. The van der Waals surface area contributed by atoms with Gasteiger partial charge in [0.15, 0.2) is 6.10 Å². The van der Waals surface area contributed by atoms with E-state index in [4.69, 9.17) is 18.5 Å². The molecular weight excluding hydrogens is 852 g/mol. The van der Waals surface area contributed by atoms with Crippen molar-refractivity contribution < 1.29 is 63.1 Å². The maximum absolute atomic E-state index is 12.8. The van der Waals surface area contributed by atoms with Crippen LogP contribution in [0.5, 0.6) is 0 Å². The van der Waals surface area contributed by atoms with E-state index in [1.54, 1.807) is 0 Å². The number of hydrogen-bond acceptors (Lipinski definition) is 12. The van der Waals surface area contributed by atoms with Crippen LogP contribution >= 0.6 is 7.82 Å². The molecule has 0 aromatic carbocycles. The Morgan fingerprint density at radius 2 is 0.877 bits per heavy atom. The van der Waals surface area contributed by atoms with E-state index in [0.717, 1.165) is 96.3 Å². The molecule has 6 unspecified atom stereocenters. The molecule has 6 N–H and O–H groups in total. The molecule has 0 heterocycles. The maximum Gasteiger partial charge on any atom is 0.472 e. The number of aliphatic hydroxyl groups is 5. The van der Waals surface area contributed by atoms with Crippen molar-refractivity contribution >= 4 is 19.8 Å². The molecule has 1 rings (SSSR count). The average molecular weight is 941 g/mol. The summed E-state index contributed by atoms with van der Waals surface area (Å²) in [5, 5.41) is 50.2. The van der Waals surface area contributed by atoms with Gasteiger partial charge in [-0.15, -0.1) is 0 Å². The van der Waals surface area contributed by atoms with Crippen LogP contribution < -0.4 is 0 Å². The molecular formula is C51H89O13P. The fourth-order valence-electron chi connectivity index (χ4n) is 7.33. The van der Waals surface area contributed by atoms with Crippen LogP contribution in [0.3, 0.4) is 0 Å². The Kier molecular flexibility index (Phi) is 37.8. The van der Waals surface area contributed by atoms with Gasteiger partial charge in [0.2, 0.25) is 0 Å². The third-order valence-corrected chi connectivity index (χ3v) is 12.3. The average Bonchev–Trinajstić information content (AvgIpc) is 3.29. The topological polar surface area (TPSA) is 210 Å². The number of carbonyl (C=O) groups is 2. The smallest absolute Gasteiger partial charge is 0.462 e. The van der Waals surface area contributed by atoms with Gasteiger partial charge in [-0.3, -0.25) is 18.6 Å². The SMILES string of the molecule is CC/C=C\C/C=C\C/C=C\C/C=C\CCCCCCCCCCCCC(=O)OC(COC(=O)CCCCCCC/C=C\CCCCCC)COP(=O)(O)OC1C(O)C(O)C(O)C(O)C1O. The van der Waals surface area contributed by atoms with Crippen LogP contribution in [0, 0.1) is 0 Å². The van der Waals surface area contributed by atoms with Gasteiger partial charge in [0.1, 0.15) is 43.2 Å². The second kappa shape index (κ2) is 40.6. The molecule has 13 nitrogen and oxygen atoms in total. The zero-order valence-electron chi connectivity index (χ0n) is 40.0. The van der Waals surface area contributed by atoms with E-state index < -0.39 is 75.7 Å². The third-order valence-electron chi connectivity index (χ3n) is 11.3. The number of carbonyl (C=O) groups excluding carboxylic acids is 2. The van der Waals surface area contributed by atoms with Gasteiger partial charge < -0.3 is 39.9 Å². The standard InChI is InChI=1S/C51H89O13P/c1-3-5-7-9-11-13-15-17-18-19-20-21-22-23-24-25-26-28-30-32-34-36-38-40-45(53)63-43(42-62-65(59,60)64-51-49(57)47(55)46(54)48(56)50(51)58)41-61-44(52)39-37-35-33-31-29-27-16-14-12-10-8-6-4-2/h5,7,11,13-14,16-18,20-21,43,46-51,54-58H,3-4,6,8-10,12,15,19,22-42H2,1-2H3,(H,59,60)/b7-5-,13-11-,16-14-,18-17-,21-20-. The van der Waals surface area contributed by atoms with Gasteiger partial charge in [-0.2, -0.15) is 0 Å². The lowest BCUT2D eigenvalue weighted by Crippen LogP contribution is -2.64. The maximum atomic E-state index is 12.8. The normalized spacial score (nSPS) is 21.9. The van der Waals surface area contributed by atoms with Crippen molar-refractivity contribution in [3.63, 3.8) is 0 Å². The zero-order chi connectivity index (χ0) is 47.8. The highest BCUT2D eigenvalue weighted by Gasteiger charge is 2.51. The summed E-state index contributed by atoms with van der Waals surface area (Å²) in [6.07, 6.45) is 37.0. The Balaban J connectivity index is 2.39. The van der Waals surface area contributed by atoms with E-state index in [2.05, 4.69) is 74.6 Å². The van der Waals surface area contributed by atoms with Gasteiger partial charge in [-0.05, 0) is 77.0 Å². The summed E-state index contributed by atoms with van der Waals surface area (Å²) in [6, 6.07) is 0. The summed E-state index contributed by atoms with van der Waals surface area (Å²) in [5.74, 6) is -1.12. The predicted molar refractivity (Wildman–Crippen MR) is 258 cm³/mol. The second-order valence-electron chi connectivity index (χ2n) is 17.3. The van der Waals surface area contributed by atoms with E-state index >= 15 is 0 Å². The molecule has 0 spiro atoms. The van der Waals surface area contributed by atoms with Crippen molar-refractivity contribution in [2.24, 2.45) is 0 Å². The largest absolute Gasteiger partial charge is 0.472 e. The highest BCUT2D eigenvalue weighted by atomic mass is 31.2. The summed E-state index contributed by atoms with van der Waals surface area (Å²) in [4.78, 5) is 35.8. The Morgan fingerprint density at radius 3 is 1.35 bits per heavy atom. The van der Waals surface area contributed by atoms with Crippen LogP contribution in [-0.4, -0.2) is 98.3 Å². The van der Waals surface area contributed by atoms with Gasteiger partial charge in [0.05, 0.1) is 6.61 Å². The minimum atomic E-state index is -5.13. The molecule has 376 valence electrons. The Labute approximate surface area is 392 Å². The van der Waals surface area contributed by atoms with Crippen molar-refractivity contribution in [2.75, 3.05) is 13.2 Å². The van der Waals surface area contributed by atoms with Gasteiger partial charge in [-0.25, -0.2) is 4.57 Å². The molecule has 0 aromatic heterocycles. The minimum absolute atomic E-state index is 0.0876. The number of ether oxygens (including phenoxy) is 2. The van der Waals surface area contributed by atoms with Crippen molar-refractivity contribution in [3.8, 4) is 0 Å². The number of phosphoric acid groups is 1. The molecule has 0 amide bonds. The van der Waals surface area contributed by atoms with E-state index in [1.807, 2.05) is 0 Å². The Morgan fingerprint density at radius 1 is 0.492 bits per heavy atom. The molecule has 65 heavy (non-hydrogen) atoms. The van der Waals surface area contributed by atoms with Crippen LogP contribution in [0.1, 0.15) is 194 Å². The molecule has 1 aliphatic carbocycles. The lowest BCUT2D eigenvalue weighted by Gasteiger charge is -2.41.